The summed E-state index contributed by atoms with van der Waals surface area (Å²) in [6, 6.07) is 21.1. The van der Waals surface area contributed by atoms with E-state index in [9.17, 15) is 53.1 Å². The molecule has 30 heteroatoms. The number of urea groups is 1. The molecule has 10 atom stereocenters. The van der Waals surface area contributed by atoms with E-state index in [1.165, 1.54) is 43.3 Å². The molecule has 1 saturated heterocycles. The standard InChI is InChI=1S/C77H99ClN16O13/c1-44(2)35-59(68(98)87-58(16-9-10-33-83-45(3)4)76(106)94-34-12-17-66(94)75(105)84-46(5)67(80)97)88-70(100)62(39-50-23-30-57(31-24-50)86-77(81)107)90-72(102)63(38-49-21-28-56(79)29-22-49)92-74(104)65(43-95)93-73(103)64(41-52-13-11-32-82-42-52)91-71(101)61(37-48-19-26-55(78)27-20-48)89-69(99)60(85-47(6)96)40-51-18-25-53-14-7-8-15-54(53)36-51/h7-8,11,13-15,18-32,36,42,44-46,58-66,83,95H,9-10,12,16-17,33-35,37-41,43,79H2,1-6H3,(H2,80,97)(H,84,105)(H,85,96)(H,87,98)(H,88,100)(H,89,99)(H,90,102)(H,91,101)(H,92,104)(H,93,103)(H3,81,86,107)/t46-,58+,59+,60-,61-,62-,63+,64-,65+,66+/m1/s1. The summed E-state index contributed by atoms with van der Waals surface area (Å²) in [5, 5.41) is 43.5. The van der Waals surface area contributed by atoms with E-state index in [-0.39, 0.29) is 69.9 Å². The SMILES string of the molecule is CC(=O)N[C@H](Cc1ccc2ccccc2c1)C(=O)N[C@H](Cc1ccc(Cl)cc1)C(=O)N[C@H](Cc1cccnc1)C(=O)N[C@@H](CO)C(=O)N[C@@H](Cc1ccc(N)cc1)C(=O)N[C@H](Cc1ccc(NC(N)=O)cc1)C(=O)N[C@@H](CC(C)C)C(=O)N[C@@H](CCCCNC(C)C)C(=O)N1CCC[C@H]1C(=O)N[C@H](C)C(N)=O. The third-order valence-electron chi connectivity index (χ3n) is 17.9. The summed E-state index contributed by atoms with van der Waals surface area (Å²) in [5.74, 6) is -8.97. The second-order valence-electron chi connectivity index (χ2n) is 27.5. The number of aromatic nitrogens is 1. The minimum Gasteiger partial charge on any atom is -0.399 e. The normalized spacial score (nSPS) is 15.2. The van der Waals surface area contributed by atoms with Gasteiger partial charge in [0.25, 0.3) is 0 Å². The van der Waals surface area contributed by atoms with E-state index in [1.54, 1.807) is 72.8 Å². The fraction of sp³-hybridized carbons (Fsp3) is 0.416. The van der Waals surface area contributed by atoms with Crippen molar-refractivity contribution in [2.45, 2.75) is 179 Å². The summed E-state index contributed by atoms with van der Waals surface area (Å²) in [4.78, 5) is 174. The van der Waals surface area contributed by atoms with Crippen molar-refractivity contribution in [2.24, 2.45) is 17.4 Å². The molecule has 1 aromatic heterocycles. The number of rotatable bonds is 39. The smallest absolute Gasteiger partial charge is 0.316 e. The van der Waals surface area contributed by atoms with Gasteiger partial charge in [0.15, 0.2) is 0 Å². The van der Waals surface area contributed by atoms with Gasteiger partial charge in [-0.25, -0.2) is 4.79 Å². The molecule has 6 aromatic rings. The molecule has 0 radical (unpaired) electrons. The van der Waals surface area contributed by atoms with Crippen molar-refractivity contribution in [1.29, 1.82) is 0 Å². The predicted octanol–water partition coefficient (Wildman–Crippen LogP) is 2.56. The molecule has 7 rings (SSSR count). The Kier molecular flexibility index (Phi) is 31.9. The van der Waals surface area contributed by atoms with Crippen molar-refractivity contribution < 1.29 is 62.6 Å². The van der Waals surface area contributed by atoms with Crippen LogP contribution in [0.1, 0.15) is 108 Å². The van der Waals surface area contributed by atoms with Gasteiger partial charge in [0.1, 0.15) is 60.4 Å². The lowest BCUT2D eigenvalue weighted by Crippen LogP contribution is -2.62. The summed E-state index contributed by atoms with van der Waals surface area (Å²) in [5.41, 5.74) is 20.1. The Hall–Kier alpha value is -11.0. The molecule has 572 valence electrons. The molecule has 1 aliphatic rings. The highest BCUT2D eigenvalue weighted by atomic mass is 35.5. The Labute approximate surface area is 626 Å². The van der Waals surface area contributed by atoms with Crippen LogP contribution in [-0.4, -0.2) is 172 Å². The number of nitrogen functional groups attached to an aromatic ring is 1. The zero-order valence-electron chi connectivity index (χ0n) is 61.0. The van der Waals surface area contributed by atoms with E-state index in [0.29, 0.717) is 70.0 Å². The zero-order chi connectivity index (χ0) is 77.9. The van der Waals surface area contributed by atoms with Gasteiger partial charge in [-0.1, -0.05) is 124 Å². The summed E-state index contributed by atoms with van der Waals surface area (Å²) >= 11 is 6.25. The number of pyridine rings is 1. The van der Waals surface area contributed by atoms with Gasteiger partial charge >= 0.3 is 6.03 Å². The van der Waals surface area contributed by atoms with Crippen LogP contribution in [0.15, 0.2) is 140 Å². The quantitative estimate of drug-likeness (QED) is 0.0195. The summed E-state index contributed by atoms with van der Waals surface area (Å²) < 4.78 is 0. The molecule has 0 bridgehead atoms. The van der Waals surface area contributed by atoms with Crippen molar-refractivity contribution in [3.63, 3.8) is 0 Å². The number of fused-ring (bicyclic) bond motifs is 1. The number of hydrogen-bond acceptors (Lipinski definition) is 16. The molecular weight excluding hydrogens is 1390 g/mol. The van der Waals surface area contributed by atoms with Gasteiger partial charge in [-0.15, -0.1) is 0 Å². The topological polar surface area (TPSA) is 452 Å². The molecule has 1 aliphatic heterocycles. The predicted molar refractivity (Wildman–Crippen MR) is 405 cm³/mol. The number of unbranched alkanes of at least 4 members (excludes halogenated alkanes) is 1. The molecule has 29 nitrogen and oxygen atoms in total. The number of halogens is 1. The second-order valence-corrected chi connectivity index (χ2v) is 28.0. The lowest BCUT2D eigenvalue weighted by atomic mass is 9.99. The Morgan fingerprint density at radius 1 is 0.533 bits per heavy atom. The summed E-state index contributed by atoms with van der Waals surface area (Å²) in [7, 11) is 0. The molecule has 18 N–H and O–H groups in total. The van der Waals surface area contributed by atoms with Crippen molar-refractivity contribution >= 4 is 105 Å². The number of carbonyl (C=O) groups is 12. The van der Waals surface area contributed by atoms with Crippen molar-refractivity contribution in [2.75, 3.05) is 30.7 Å². The van der Waals surface area contributed by atoms with Gasteiger partial charge in [-0.3, -0.25) is 57.7 Å². The van der Waals surface area contributed by atoms with Gasteiger partial charge in [0, 0.05) is 80.4 Å². The Bertz CT molecular complexity index is 4060. The molecule has 0 aliphatic carbocycles. The van der Waals surface area contributed by atoms with E-state index in [2.05, 4.69) is 63.5 Å². The maximum absolute atomic E-state index is 15.2. The third-order valence-corrected chi connectivity index (χ3v) is 18.2. The van der Waals surface area contributed by atoms with Crippen LogP contribution in [-0.2, 0) is 84.8 Å². The number of amides is 13. The summed E-state index contributed by atoms with van der Waals surface area (Å²) in [6.45, 7) is 10.0. The number of benzene rings is 5. The third kappa shape index (κ3) is 26.8. The number of aliphatic hydroxyl groups is 1. The summed E-state index contributed by atoms with van der Waals surface area (Å²) in [6.07, 6.45) is 4.02. The number of nitrogens with zero attached hydrogens (tertiary/aromatic N) is 2. The van der Waals surface area contributed by atoms with Crippen LogP contribution >= 0.6 is 11.6 Å². The fourth-order valence-electron chi connectivity index (χ4n) is 12.3. The van der Waals surface area contributed by atoms with Gasteiger partial charge in [0.2, 0.25) is 65.0 Å². The van der Waals surface area contributed by atoms with E-state index >= 15 is 9.59 Å². The molecule has 0 saturated carbocycles. The van der Waals surface area contributed by atoms with Crippen LogP contribution in [0.2, 0.25) is 5.02 Å². The van der Waals surface area contributed by atoms with Gasteiger partial charge < -0.3 is 85.7 Å². The number of aliphatic hydroxyl groups excluding tert-OH is 1. The number of nitrogens with two attached hydrogens (primary N) is 3. The maximum atomic E-state index is 15.2. The first-order valence-corrected chi connectivity index (χ1v) is 36.2. The highest BCUT2D eigenvalue weighted by Crippen LogP contribution is 2.23. The molecule has 2 heterocycles. The fourth-order valence-corrected chi connectivity index (χ4v) is 12.4. The first-order chi connectivity index (χ1) is 51.0. The molecule has 1 fully saturated rings. The van der Waals surface area contributed by atoms with Crippen LogP contribution in [0.3, 0.4) is 0 Å². The highest BCUT2D eigenvalue weighted by Gasteiger charge is 2.40. The molecular formula is C77H99ClN16O13. The Balaban J connectivity index is 1.16. The number of carbonyl (C=O) groups excluding carboxylic acids is 12. The number of nitrogens with one attached hydrogen (secondary N) is 11. The lowest BCUT2D eigenvalue weighted by molar-refractivity contribution is -0.142. The first-order valence-electron chi connectivity index (χ1n) is 35.8. The number of anilines is 2. The number of primary amides is 2. The Morgan fingerprint density at radius 2 is 1.01 bits per heavy atom. The first kappa shape index (κ1) is 83.2. The van der Waals surface area contributed by atoms with E-state index in [0.717, 1.165) is 10.8 Å². The average molecular weight is 1490 g/mol. The second kappa shape index (κ2) is 41.0. The van der Waals surface area contributed by atoms with E-state index < -0.39 is 138 Å². The lowest BCUT2D eigenvalue weighted by Gasteiger charge is -2.31. The van der Waals surface area contributed by atoms with Gasteiger partial charge in [-0.05, 0) is 139 Å². The van der Waals surface area contributed by atoms with E-state index in [1.807, 2.05) is 70.2 Å². The number of likely N-dealkylation sites (tertiary alicyclic amines) is 1. The molecule has 13 amide bonds. The molecule has 0 spiro atoms. The van der Waals surface area contributed by atoms with Gasteiger partial charge in [-0.2, -0.15) is 0 Å². The maximum Gasteiger partial charge on any atom is 0.316 e. The van der Waals surface area contributed by atoms with Crippen LogP contribution in [0, 0.1) is 5.92 Å². The Morgan fingerprint density at radius 3 is 1.52 bits per heavy atom. The van der Waals surface area contributed by atoms with Crippen LogP contribution in [0.5, 0.6) is 0 Å². The largest absolute Gasteiger partial charge is 0.399 e. The minimum atomic E-state index is -1.83. The highest BCUT2D eigenvalue weighted by molar-refractivity contribution is 6.30. The molecule has 107 heavy (non-hydrogen) atoms. The van der Waals surface area contributed by atoms with E-state index in [4.69, 9.17) is 28.8 Å². The van der Waals surface area contributed by atoms with Crippen molar-refractivity contribution in [3.8, 4) is 0 Å². The van der Waals surface area contributed by atoms with Crippen LogP contribution in [0.25, 0.3) is 10.8 Å². The molecule has 5 aromatic carbocycles. The van der Waals surface area contributed by atoms with Gasteiger partial charge in [0.05, 0.1) is 6.61 Å². The zero-order valence-corrected chi connectivity index (χ0v) is 61.7. The minimum absolute atomic E-state index is 0.0236. The van der Waals surface area contributed by atoms with Crippen molar-refractivity contribution in [1.82, 2.24) is 63.1 Å². The van der Waals surface area contributed by atoms with Crippen molar-refractivity contribution in [3.05, 3.63) is 173 Å². The van der Waals surface area contributed by atoms with Crippen LogP contribution < -0.4 is 75.7 Å². The molecule has 0 unspecified atom stereocenters. The number of hydrogen-bond donors (Lipinski definition) is 15. The average Bonchev–Trinajstić information content (AvgIpc) is 1.80. The van der Waals surface area contributed by atoms with Crippen LogP contribution in [0.4, 0.5) is 16.2 Å². The monoisotopic (exact) mass is 1490 g/mol.